The van der Waals surface area contributed by atoms with Gasteiger partial charge in [-0.05, 0) is 65.2 Å². The highest BCUT2D eigenvalue weighted by Gasteiger charge is 2.45. The van der Waals surface area contributed by atoms with Crippen LogP contribution in [0.3, 0.4) is 0 Å². The van der Waals surface area contributed by atoms with Crippen LogP contribution >= 0.6 is 23.2 Å². The predicted molar refractivity (Wildman–Crippen MR) is 89.8 cm³/mol. The molecule has 2 fully saturated rings. The van der Waals surface area contributed by atoms with Crippen LogP contribution in [0.5, 0.6) is 0 Å². The van der Waals surface area contributed by atoms with E-state index in [1.165, 1.54) is 12.8 Å². The lowest BCUT2D eigenvalue weighted by Gasteiger charge is -2.42. The van der Waals surface area contributed by atoms with E-state index in [4.69, 9.17) is 32.7 Å². The third-order valence-corrected chi connectivity index (χ3v) is 6.22. The van der Waals surface area contributed by atoms with Gasteiger partial charge in [-0.3, -0.25) is 0 Å². The smallest absolute Gasteiger partial charge is 0.426 e. The van der Waals surface area contributed by atoms with Crippen LogP contribution in [0.4, 0.5) is 4.79 Å². The summed E-state index contributed by atoms with van der Waals surface area (Å²) in [4.78, 5) is 12.4. The maximum absolute atomic E-state index is 12.4. The highest BCUT2D eigenvalue weighted by molar-refractivity contribution is 6.21. The van der Waals surface area contributed by atoms with E-state index in [1.807, 2.05) is 13.8 Å². The molecule has 5 heteroatoms. The van der Waals surface area contributed by atoms with Gasteiger partial charge in [-0.1, -0.05) is 12.8 Å². The summed E-state index contributed by atoms with van der Waals surface area (Å²) in [5.41, 5.74) is -1.16. The largest absolute Gasteiger partial charge is 0.509 e. The van der Waals surface area contributed by atoms with Crippen LogP contribution < -0.4 is 0 Å². The fraction of sp³-hybridized carbons (Fsp3) is 0.941. The number of rotatable bonds is 4. The molecule has 0 amide bonds. The van der Waals surface area contributed by atoms with Crippen molar-refractivity contribution in [2.24, 2.45) is 0 Å². The van der Waals surface area contributed by atoms with Gasteiger partial charge in [0.25, 0.3) is 0 Å². The Balaban J connectivity index is 2.03. The Bertz CT molecular complexity index is 336. The van der Waals surface area contributed by atoms with Crippen molar-refractivity contribution < 1.29 is 14.3 Å². The Kier molecular flexibility index (Phi) is 6.30. The molecule has 0 N–H and O–H groups in total. The normalized spacial score (nSPS) is 26.7. The molecule has 0 aliphatic heterocycles. The third kappa shape index (κ3) is 4.03. The molecule has 0 aromatic rings. The van der Waals surface area contributed by atoms with Gasteiger partial charge < -0.3 is 9.47 Å². The summed E-state index contributed by atoms with van der Waals surface area (Å²) in [6.07, 6.45) is 9.19. The Morgan fingerprint density at radius 3 is 1.36 bits per heavy atom. The van der Waals surface area contributed by atoms with Crippen LogP contribution in [-0.4, -0.2) is 28.1 Å². The number of carbonyl (C=O) groups excluding carboxylic acids is 1. The average molecular weight is 351 g/mol. The van der Waals surface area contributed by atoms with Gasteiger partial charge >= 0.3 is 6.16 Å². The van der Waals surface area contributed by atoms with E-state index in [0.717, 1.165) is 51.4 Å². The summed E-state index contributed by atoms with van der Waals surface area (Å²) in [5, 5.41) is -0.424. The van der Waals surface area contributed by atoms with Gasteiger partial charge in [-0.2, -0.15) is 0 Å². The van der Waals surface area contributed by atoms with Crippen molar-refractivity contribution in [1.29, 1.82) is 0 Å². The first kappa shape index (κ1) is 18.2. The van der Waals surface area contributed by atoms with Crippen LogP contribution in [0.25, 0.3) is 0 Å². The second-order valence-corrected chi connectivity index (χ2v) is 8.25. The molecule has 0 aromatic heterocycles. The molecule has 2 unspecified atom stereocenters. The molecule has 0 spiro atoms. The highest BCUT2D eigenvalue weighted by atomic mass is 35.5. The molecule has 3 nitrogen and oxygen atoms in total. The standard InChI is InChI=1S/C17H28Cl2O3/c1-13(18)16(9-5-3-6-10-16)21-15(20)22-17(14(2)19)11-7-4-8-12-17/h13-14H,3-12H2,1-2H3. The molecular weight excluding hydrogens is 323 g/mol. The summed E-state index contributed by atoms with van der Waals surface area (Å²) in [5.74, 6) is 0. The average Bonchev–Trinajstić information content (AvgIpc) is 2.48. The fourth-order valence-electron chi connectivity index (χ4n) is 3.82. The van der Waals surface area contributed by atoms with Crippen molar-refractivity contribution in [1.82, 2.24) is 0 Å². The molecule has 2 aliphatic carbocycles. The number of carbonyl (C=O) groups is 1. The number of halogens is 2. The fourth-order valence-corrected chi connectivity index (χ4v) is 4.34. The molecule has 128 valence electrons. The van der Waals surface area contributed by atoms with Crippen LogP contribution in [0, 0.1) is 0 Å². The van der Waals surface area contributed by atoms with Crippen LogP contribution in [-0.2, 0) is 9.47 Å². The topological polar surface area (TPSA) is 35.5 Å². The van der Waals surface area contributed by atoms with Crippen molar-refractivity contribution in [3.05, 3.63) is 0 Å². The predicted octanol–water partition coefficient (Wildman–Crippen LogP) is 5.80. The van der Waals surface area contributed by atoms with Gasteiger partial charge in [0.05, 0.1) is 10.8 Å². The van der Waals surface area contributed by atoms with Crippen molar-refractivity contribution in [3.63, 3.8) is 0 Å². The monoisotopic (exact) mass is 350 g/mol. The molecule has 22 heavy (non-hydrogen) atoms. The molecule has 0 saturated heterocycles. The third-order valence-electron chi connectivity index (χ3n) is 5.42. The van der Waals surface area contributed by atoms with Crippen LogP contribution in [0.1, 0.15) is 78.1 Å². The molecule has 2 aliphatic rings. The first-order valence-corrected chi connectivity index (χ1v) is 9.48. The molecule has 2 atom stereocenters. The number of ether oxygens (including phenoxy) is 2. The lowest BCUT2D eigenvalue weighted by atomic mass is 9.82. The van der Waals surface area contributed by atoms with E-state index in [2.05, 4.69) is 0 Å². The zero-order chi connectivity index (χ0) is 16.2. The minimum absolute atomic E-state index is 0.212. The zero-order valence-electron chi connectivity index (χ0n) is 13.7. The first-order valence-electron chi connectivity index (χ1n) is 8.60. The lowest BCUT2D eigenvalue weighted by Crippen LogP contribution is -2.48. The van der Waals surface area contributed by atoms with Gasteiger partial charge in [0.2, 0.25) is 0 Å². The van der Waals surface area contributed by atoms with E-state index in [1.54, 1.807) is 0 Å². The second kappa shape index (κ2) is 7.61. The molecule has 0 radical (unpaired) electrons. The molecular formula is C17H28Cl2O3. The Hall–Kier alpha value is -0.150. The molecule has 0 heterocycles. The summed E-state index contributed by atoms with van der Waals surface area (Å²) < 4.78 is 11.5. The van der Waals surface area contributed by atoms with Gasteiger partial charge in [0.15, 0.2) is 0 Å². The summed E-state index contributed by atoms with van der Waals surface area (Å²) in [7, 11) is 0. The van der Waals surface area contributed by atoms with Crippen molar-refractivity contribution in [2.75, 3.05) is 0 Å². The number of alkyl halides is 2. The van der Waals surface area contributed by atoms with Gasteiger partial charge in [0, 0.05) is 0 Å². The van der Waals surface area contributed by atoms with Gasteiger partial charge in [-0.15, -0.1) is 23.2 Å². The maximum atomic E-state index is 12.4. The minimum Gasteiger partial charge on any atom is -0.426 e. The summed E-state index contributed by atoms with van der Waals surface area (Å²) in [6, 6.07) is 0. The van der Waals surface area contributed by atoms with E-state index in [9.17, 15) is 4.79 Å². The number of hydrogen-bond acceptors (Lipinski definition) is 3. The molecule has 2 rings (SSSR count). The summed E-state index contributed by atoms with van der Waals surface area (Å²) >= 11 is 12.7. The van der Waals surface area contributed by atoms with Crippen molar-refractivity contribution >= 4 is 29.4 Å². The minimum atomic E-state index is -0.594. The molecule has 0 aromatic carbocycles. The van der Waals surface area contributed by atoms with E-state index in [0.29, 0.717) is 0 Å². The Labute approximate surface area is 144 Å². The molecule has 2 saturated carbocycles. The van der Waals surface area contributed by atoms with E-state index < -0.39 is 17.4 Å². The van der Waals surface area contributed by atoms with Crippen molar-refractivity contribution in [2.45, 2.75) is 100 Å². The second-order valence-electron chi connectivity index (χ2n) is 6.94. The first-order chi connectivity index (χ1) is 10.4. The molecule has 0 bridgehead atoms. The highest BCUT2D eigenvalue weighted by Crippen LogP contribution is 2.40. The quantitative estimate of drug-likeness (QED) is 0.474. The lowest BCUT2D eigenvalue weighted by molar-refractivity contribution is -0.102. The maximum Gasteiger partial charge on any atom is 0.509 e. The van der Waals surface area contributed by atoms with E-state index >= 15 is 0 Å². The van der Waals surface area contributed by atoms with Crippen LogP contribution in [0.15, 0.2) is 0 Å². The SMILES string of the molecule is CC(Cl)C1(OC(=O)OC2(C(C)Cl)CCCCC2)CCCCC1. The number of hydrogen-bond donors (Lipinski definition) is 0. The zero-order valence-corrected chi connectivity index (χ0v) is 15.2. The van der Waals surface area contributed by atoms with Gasteiger partial charge in [-0.25, -0.2) is 4.79 Å². The Morgan fingerprint density at radius 1 is 0.773 bits per heavy atom. The Morgan fingerprint density at radius 2 is 1.09 bits per heavy atom. The van der Waals surface area contributed by atoms with Gasteiger partial charge in [0.1, 0.15) is 11.2 Å². The van der Waals surface area contributed by atoms with E-state index in [-0.39, 0.29) is 10.8 Å². The van der Waals surface area contributed by atoms with Crippen LogP contribution in [0.2, 0.25) is 0 Å². The van der Waals surface area contributed by atoms with Crippen molar-refractivity contribution in [3.8, 4) is 0 Å². The summed E-state index contributed by atoms with van der Waals surface area (Å²) in [6.45, 7) is 3.81.